The van der Waals surface area contributed by atoms with Crippen molar-refractivity contribution in [2.24, 2.45) is 0 Å². The second-order valence-corrected chi connectivity index (χ2v) is 4.51. The summed E-state index contributed by atoms with van der Waals surface area (Å²) in [6, 6.07) is 9.70. The Morgan fingerprint density at radius 2 is 1.50 bits per heavy atom. The fourth-order valence-corrected chi connectivity index (χ4v) is 2.06. The molecule has 0 N–H and O–H groups in total. The highest BCUT2D eigenvalue weighted by molar-refractivity contribution is 6.35. The largest absolute Gasteiger partial charge is 0.417 e. The van der Waals surface area contributed by atoms with E-state index in [1.165, 1.54) is 36.4 Å². The van der Waals surface area contributed by atoms with Gasteiger partial charge in [0, 0.05) is 15.6 Å². The normalized spacial score (nSPS) is 11.6. The summed E-state index contributed by atoms with van der Waals surface area (Å²) in [5.41, 5.74) is -0.427. The van der Waals surface area contributed by atoms with E-state index in [1.54, 1.807) is 0 Å². The minimum Gasteiger partial charge on any atom is -0.166 e. The van der Waals surface area contributed by atoms with E-state index in [-0.39, 0.29) is 16.1 Å². The second-order valence-electron chi connectivity index (χ2n) is 3.67. The zero-order valence-corrected chi connectivity index (χ0v) is 10.4. The Balaban J connectivity index is 2.68. The summed E-state index contributed by atoms with van der Waals surface area (Å²) >= 11 is 11.7. The maximum Gasteiger partial charge on any atom is 0.417 e. The third-order valence-electron chi connectivity index (χ3n) is 2.45. The monoisotopic (exact) mass is 290 g/mol. The molecule has 0 unspecified atom stereocenters. The van der Waals surface area contributed by atoms with Gasteiger partial charge < -0.3 is 0 Å². The van der Waals surface area contributed by atoms with Crippen molar-refractivity contribution >= 4 is 23.2 Å². The smallest absolute Gasteiger partial charge is 0.166 e. The summed E-state index contributed by atoms with van der Waals surface area (Å²) in [6.07, 6.45) is -4.43. The van der Waals surface area contributed by atoms with Gasteiger partial charge in [0.25, 0.3) is 0 Å². The van der Waals surface area contributed by atoms with Gasteiger partial charge in [-0.2, -0.15) is 13.2 Å². The molecule has 0 spiro atoms. The highest BCUT2D eigenvalue weighted by atomic mass is 35.5. The molecule has 2 aromatic rings. The molecule has 0 aliphatic rings. The first-order chi connectivity index (χ1) is 8.39. The summed E-state index contributed by atoms with van der Waals surface area (Å²) < 4.78 is 38.7. The highest BCUT2D eigenvalue weighted by Gasteiger charge is 2.33. The van der Waals surface area contributed by atoms with Crippen molar-refractivity contribution < 1.29 is 13.2 Å². The van der Waals surface area contributed by atoms with Gasteiger partial charge in [-0.05, 0) is 29.8 Å². The van der Waals surface area contributed by atoms with Crippen LogP contribution < -0.4 is 0 Å². The molecule has 0 aromatic heterocycles. The van der Waals surface area contributed by atoms with Crippen molar-refractivity contribution in [3.63, 3.8) is 0 Å². The zero-order chi connectivity index (χ0) is 13.3. The number of hydrogen-bond donors (Lipinski definition) is 0. The quantitative estimate of drug-likeness (QED) is 0.634. The molecule has 0 atom stereocenters. The fourth-order valence-electron chi connectivity index (χ4n) is 1.67. The van der Waals surface area contributed by atoms with Crippen molar-refractivity contribution in [3.05, 3.63) is 58.1 Å². The van der Waals surface area contributed by atoms with E-state index < -0.39 is 11.7 Å². The van der Waals surface area contributed by atoms with Gasteiger partial charge in [0.2, 0.25) is 0 Å². The predicted molar refractivity (Wildman–Crippen MR) is 66.9 cm³/mol. The Morgan fingerprint density at radius 3 is 2.17 bits per heavy atom. The van der Waals surface area contributed by atoms with Gasteiger partial charge >= 0.3 is 6.18 Å². The molecule has 0 bridgehead atoms. The van der Waals surface area contributed by atoms with E-state index in [9.17, 15) is 13.2 Å². The van der Waals surface area contributed by atoms with Crippen LogP contribution in [0.4, 0.5) is 13.2 Å². The summed E-state index contributed by atoms with van der Waals surface area (Å²) in [5, 5.41) is 0.572. The van der Waals surface area contributed by atoms with Crippen LogP contribution in [0.5, 0.6) is 0 Å². The van der Waals surface area contributed by atoms with Gasteiger partial charge in [0.15, 0.2) is 0 Å². The molecule has 0 amide bonds. The van der Waals surface area contributed by atoms with Gasteiger partial charge in [0.05, 0.1) is 5.56 Å². The molecule has 18 heavy (non-hydrogen) atoms. The third-order valence-corrected chi connectivity index (χ3v) is 3.02. The molecule has 2 rings (SSSR count). The molecule has 94 valence electrons. The van der Waals surface area contributed by atoms with Crippen LogP contribution in [0.2, 0.25) is 10.0 Å². The summed E-state index contributed by atoms with van der Waals surface area (Å²) in [5.74, 6) is 0. The number of benzene rings is 2. The third kappa shape index (κ3) is 2.62. The second kappa shape index (κ2) is 4.82. The first-order valence-electron chi connectivity index (χ1n) is 5.01. The molecule has 5 heteroatoms. The van der Waals surface area contributed by atoms with E-state index in [1.807, 2.05) is 0 Å². The fraction of sp³-hybridized carbons (Fsp3) is 0.0769. The van der Waals surface area contributed by atoms with Crippen LogP contribution in [0.25, 0.3) is 11.1 Å². The maximum absolute atomic E-state index is 12.9. The lowest BCUT2D eigenvalue weighted by atomic mass is 9.99. The first kappa shape index (κ1) is 13.2. The lowest BCUT2D eigenvalue weighted by Gasteiger charge is -2.13. The van der Waals surface area contributed by atoms with Crippen molar-refractivity contribution in [2.45, 2.75) is 6.18 Å². The molecule has 0 aliphatic heterocycles. The van der Waals surface area contributed by atoms with E-state index >= 15 is 0 Å². The molecule has 0 heterocycles. The van der Waals surface area contributed by atoms with Crippen LogP contribution in [-0.4, -0.2) is 0 Å². The minimum atomic E-state index is -4.43. The van der Waals surface area contributed by atoms with Crippen molar-refractivity contribution in [2.75, 3.05) is 0 Å². The highest BCUT2D eigenvalue weighted by Crippen LogP contribution is 2.39. The Morgan fingerprint density at radius 1 is 0.833 bits per heavy atom. The minimum absolute atomic E-state index is 0.0255. The van der Waals surface area contributed by atoms with Gasteiger partial charge in [-0.1, -0.05) is 41.4 Å². The number of alkyl halides is 3. The molecule has 2 aromatic carbocycles. The average Bonchev–Trinajstić information content (AvgIpc) is 2.31. The van der Waals surface area contributed by atoms with E-state index in [2.05, 4.69) is 0 Å². The summed E-state index contributed by atoms with van der Waals surface area (Å²) in [7, 11) is 0. The Hall–Kier alpha value is -1.19. The van der Waals surface area contributed by atoms with E-state index in [4.69, 9.17) is 23.2 Å². The van der Waals surface area contributed by atoms with Crippen LogP contribution in [0.3, 0.4) is 0 Å². The summed E-state index contributed by atoms with van der Waals surface area (Å²) in [6.45, 7) is 0. The van der Waals surface area contributed by atoms with Crippen LogP contribution in [0.15, 0.2) is 42.5 Å². The Bertz CT molecular complexity index is 577. The van der Waals surface area contributed by atoms with Gasteiger partial charge in [-0.15, -0.1) is 0 Å². The molecular formula is C13H7Cl2F3. The maximum atomic E-state index is 12.9. The zero-order valence-electron chi connectivity index (χ0n) is 8.93. The number of hydrogen-bond acceptors (Lipinski definition) is 0. The molecular weight excluding hydrogens is 284 g/mol. The van der Waals surface area contributed by atoms with Crippen molar-refractivity contribution in [1.29, 1.82) is 0 Å². The van der Waals surface area contributed by atoms with Crippen molar-refractivity contribution in [3.8, 4) is 11.1 Å². The van der Waals surface area contributed by atoms with E-state index in [0.717, 1.165) is 6.07 Å². The lowest BCUT2D eigenvalue weighted by molar-refractivity contribution is -0.137. The SMILES string of the molecule is FC(F)(F)c1ccccc1-c1cc(Cl)ccc1Cl. The Labute approximate surface area is 112 Å². The molecule has 0 fully saturated rings. The average molecular weight is 291 g/mol. The van der Waals surface area contributed by atoms with Gasteiger partial charge in [0.1, 0.15) is 0 Å². The molecule has 0 aliphatic carbocycles. The van der Waals surface area contributed by atoms with Crippen molar-refractivity contribution in [1.82, 2.24) is 0 Å². The number of rotatable bonds is 1. The molecule has 0 saturated carbocycles. The lowest BCUT2D eigenvalue weighted by Crippen LogP contribution is -2.06. The van der Waals surface area contributed by atoms with Crippen LogP contribution in [0, 0.1) is 0 Å². The standard InChI is InChI=1S/C13H7Cl2F3/c14-8-5-6-12(15)10(7-8)9-3-1-2-4-11(9)13(16,17)18/h1-7H. The topological polar surface area (TPSA) is 0 Å². The van der Waals surface area contributed by atoms with Gasteiger partial charge in [-0.3, -0.25) is 0 Å². The number of halogens is 5. The first-order valence-corrected chi connectivity index (χ1v) is 5.77. The van der Waals surface area contributed by atoms with Crippen LogP contribution >= 0.6 is 23.2 Å². The predicted octanol–water partition coefficient (Wildman–Crippen LogP) is 5.68. The van der Waals surface area contributed by atoms with E-state index in [0.29, 0.717) is 5.02 Å². The van der Waals surface area contributed by atoms with Crippen LogP contribution in [0.1, 0.15) is 5.56 Å². The van der Waals surface area contributed by atoms with Crippen LogP contribution in [-0.2, 0) is 6.18 Å². The molecule has 0 radical (unpaired) electrons. The Kier molecular flexibility index (Phi) is 3.55. The molecule has 0 saturated heterocycles. The summed E-state index contributed by atoms with van der Waals surface area (Å²) in [4.78, 5) is 0. The van der Waals surface area contributed by atoms with Gasteiger partial charge in [-0.25, -0.2) is 0 Å². The molecule has 0 nitrogen and oxygen atoms in total.